The van der Waals surface area contributed by atoms with Crippen LogP contribution >= 0.6 is 0 Å². The quantitative estimate of drug-likeness (QED) is 0.862. The van der Waals surface area contributed by atoms with Gasteiger partial charge in [-0.15, -0.1) is 0 Å². The predicted octanol–water partition coefficient (Wildman–Crippen LogP) is 3.80. The average molecular weight is 284 g/mol. The number of para-hydroxylation sites is 1. The second-order valence-electron chi connectivity index (χ2n) is 6.40. The Morgan fingerprint density at radius 2 is 2.19 bits per heavy atom. The van der Waals surface area contributed by atoms with Crippen molar-refractivity contribution in [2.45, 2.75) is 51.5 Å². The molecule has 2 N–H and O–H groups in total. The number of amides is 1. The molecule has 2 aromatic rings. The molecule has 0 saturated heterocycles. The van der Waals surface area contributed by atoms with Crippen LogP contribution in [0, 0.1) is 5.92 Å². The van der Waals surface area contributed by atoms with E-state index in [0.717, 1.165) is 31.6 Å². The topological polar surface area (TPSA) is 44.9 Å². The molecule has 0 spiro atoms. The van der Waals surface area contributed by atoms with Crippen molar-refractivity contribution in [2.75, 3.05) is 0 Å². The molecule has 1 heterocycles. The van der Waals surface area contributed by atoms with Crippen molar-refractivity contribution in [3.63, 3.8) is 0 Å². The number of benzene rings is 1. The highest BCUT2D eigenvalue weighted by atomic mass is 16.1. The van der Waals surface area contributed by atoms with Crippen molar-refractivity contribution < 1.29 is 4.79 Å². The van der Waals surface area contributed by atoms with Gasteiger partial charge in [0.2, 0.25) is 5.91 Å². The van der Waals surface area contributed by atoms with Crippen molar-refractivity contribution in [1.82, 2.24) is 10.3 Å². The van der Waals surface area contributed by atoms with E-state index in [-0.39, 0.29) is 5.91 Å². The van der Waals surface area contributed by atoms with Crippen LogP contribution in [0.3, 0.4) is 0 Å². The van der Waals surface area contributed by atoms with Crippen LogP contribution in [0.25, 0.3) is 10.9 Å². The van der Waals surface area contributed by atoms with E-state index in [1.54, 1.807) is 0 Å². The number of nitrogens with one attached hydrogen (secondary N) is 2. The Kier molecular flexibility index (Phi) is 4.28. The van der Waals surface area contributed by atoms with E-state index >= 15 is 0 Å². The first kappa shape index (κ1) is 14.2. The van der Waals surface area contributed by atoms with Crippen LogP contribution in [-0.2, 0) is 11.2 Å². The lowest BCUT2D eigenvalue weighted by Gasteiger charge is -2.12. The lowest BCUT2D eigenvalue weighted by Crippen LogP contribution is -2.32. The average Bonchev–Trinajstić information content (AvgIpc) is 3.06. The first-order chi connectivity index (χ1) is 10.2. The standard InChI is InChI=1S/C18H24N2O/c1-13-9-10-15(11-13)20-18(21)8-4-5-14-12-19-17-7-3-2-6-16(14)17/h2-3,6-7,12-13,15,19H,4-5,8-11H2,1H3,(H,20,21). The summed E-state index contributed by atoms with van der Waals surface area (Å²) in [5.74, 6) is 0.982. The summed E-state index contributed by atoms with van der Waals surface area (Å²) in [7, 11) is 0. The summed E-state index contributed by atoms with van der Waals surface area (Å²) in [6.45, 7) is 2.27. The summed E-state index contributed by atoms with van der Waals surface area (Å²) in [6.07, 6.45) is 8.11. The van der Waals surface area contributed by atoms with E-state index < -0.39 is 0 Å². The Bertz CT molecular complexity index is 616. The molecule has 3 nitrogen and oxygen atoms in total. The molecule has 1 saturated carbocycles. The fourth-order valence-electron chi connectivity index (χ4n) is 3.42. The Labute approximate surface area is 126 Å². The minimum absolute atomic E-state index is 0.217. The first-order valence-corrected chi connectivity index (χ1v) is 8.06. The monoisotopic (exact) mass is 284 g/mol. The van der Waals surface area contributed by atoms with Gasteiger partial charge in [0.1, 0.15) is 0 Å². The van der Waals surface area contributed by atoms with Gasteiger partial charge >= 0.3 is 0 Å². The third-order valence-corrected chi connectivity index (χ3v) is 4.58. The lowest BCUT2D eigenvalue weighted by molar-refractivity contribution is -0.121. The van der Waals surface area contributed by atoms with Crippen molar-refractivity contribution in [1.29, 1.82) is 0 Å². The molecular formula is C18H24N2O. The maximum absolute atomic E-state index is 12.0. The van der Waals surface area contributed by atoms with E-state index in [0.29, 0.717) is 12.5 Å². The molecule has 1 aliphatic carbocycles. The molecule has 2 unspecified atom stereocenters. The van der Waals surface area contributed by atoms with Crippen LogP contribution in [0.4, 0.5) is 0 Å². The maximum atomic E-state index is 12.0. The van der Waals surface area contributed by atoms with Gasteiger partial charge in [-0.2, -0.15) is 0 Å². The number of carbonyl (C=O) groups excluding carboxylic acids is 1. The zero-order chi connectivity index (χ0) is 14.7. The molecule has 1 fully saturated rings. The molecular weight excluding hydrogens is 260 g/mol. The smallest absolute Gasteiger partial charge is 0.220 e. The van der Waals surface area contributed by atoms with Crippen LogP contribution < -0.4 is 5.32 Å². The first-order valence-electron chi connectivity index (χ1n) is 8.06. The summed E-state index contributed by atoms with van der Waals surface area (Å²) in [5, 5.41) is 4.46. The fraction of sp³-hybridized carbons (Fsp3) is 0.500. The zero-order valence-electron chi connectivity index (χ0n) is 12.7. The van der Waals surface area contributed by atoms with Gasteiger partial charge in [-0.1, -0.05) is 25.1 Å². The van der Waals surface area contributed by atoms with Gasteiger partial charge in [-0.05, 0) is 49.7 Å². The van der Waals surface area contributed by atoms with E-state index in [1.165, 1.54) is 22.9 Å². The van der Waals surface area contributed by atoms with Crippen LogP contribution in [0.5, 0.6) is 0 Å². The highest BCUT2D eigenvalue weighted by Crippen LogP contribution is 2.24. The van der Waals surface area contributed by atoms with E-state index in [2.05, 4.69) is 41.6 Å². The normalized spacial score (nSPS) is 21.8. The molecule has 3 rings (SSSR count). The number of aromatic amines is 1. The Hall–Kier alpha value is -1.77. The maximum Gasteiger partial charge on any atom is 0.220 e. The number of hydrogen-bond acceptors (Lipinski definition) is 1. The molecule has 0 aliphatic heterocycles. The van der Waals surface area contributed by atoms with E-state index in [1.807, 2.05) is 6.07 Å². The number of rotatable bonds is 5. The van der Waals surface area contributed by atoms with Crippen molar-refractivity contribution >= 4 is 16.8 Å². The molecule has 1 amide bonds. The van der Waals surface area contributed by atoms with Gasteiger partial charge in [-0.3, -0.25) is 4.79 Å². The Balaban J connectivity index is 1.46. The number of hydrogen-bond donors (Lipinski definition) is 2. The minimum atomic E-state index is 0.217. The third kappa shape index (κ3) is 3.46. The van der Waals surface area contributed by atoms with E-state index in [4.69, 9.17) is 0 Å². The minimum Gasteiger partial charge on any atom is -0.361 e. The predicted molar refractivity (Wildman–Crippen MR) is 86.2 cm³/mol. The molecule has 112 valence electrons. The molecule has 1 aromatic carbocycles. The highest BCUT2D eigenvalue weighted by Gasteiger charge is 2.22. The summed E-state index contributed by atoms with van der Waals surface area (Å²) >= 11 is 0. The SMILES string of the molecule is CC1CCC(NC(=O)CCCc2c[nH]c3ccccc23)C1. The molecule has 0 radical (unpaired) electrons. The summed E-state index contributed by atoms with van der Waals surface area (Å²) in [5.41, 5.74) is 2.49. The largest absolute Gasteiger partial charge is 0.361 e. The second kappa shape index (κ2) is 6.33. The molecule has 0 bridgehead atoms. The highest BCUT2D eigenvalue weighted by molar-refractivity contribution is 5.83. The van der Waals surface area contributed by atoms with Crippen molar-refractivity contribution in [2.24, 2.45) is 5.92 Å². The summed E-state index contributed by atoms with van der Waals surface area (Å²) in [6, 6.07) is 8.75. The van der Waals surface area contributed by atoms with Gasteiger partial charge in [0.05, 0.1) is 0 Å². The molecule has 21 heavy (non-hydrogen) atoms. The third-order valence-electron chi connectivity index (χ3n) is 4.58. The van der Waals surface area contributed by atoms with Gasteiger partial charge in [0.15, 0.2) is 0 Å². The summed E-state index contributed by atoms with van der Waals surface area (Å²) in [4.78, 5) is 15.3. The molecule has 3 heteroatoms. The van der Waals surface area contributed by atoms with Gasteiger partial charge in [0, 0.05) is 29.6 Å². The van der Waals surface area contributed by atoms with E-state index in [9.17, 15) is 4.79 Å². The van der Waals surface area contributed by atoms with Crippen LogP contribution in [0.2, 0.25) is 0 Å². The lowest BCUT2D eigenvalue weighted by atomic mass is 10.1. The number of aromatic nitrogens is 1. The number of carbonyl (C=O) groups is 1. The Morgan fingerprint density at radius 3 is 3.00 bits per heavy atom. The second-order valence-corrected chi connectivity index (χ2v) is 6.40. The molecule has 2 atom stereocenters. The number of aryl methyl sites for hydroxylation is 1. The van der Waals surface area contributed by atoms with Gasteiger partial charge in [-0.25, -0.2) is 0 Å². The molecule has 1 aromatic heterocycles. The van der Waals surface area contributed by atoms with Crippen LogP contribution in [0.15, 0.2) is 30.5 Å². The summed E-state index contributed by atoms with van der Waals surface area (Å²) < 4.78 is 0. The zero-order valence-corrected chi connectivity index (χ0v) is 12.7. The number of fused-ring (bicyclic) bond motifs is 1. The van der Waals surface area contributed by atoms with Crippen LogP contribution in [-0.4, -0.2) is 16.9 Å². The van der Waals surface area contributed by atoms with Crippen molar-refractivity contribution in [3.8, 4) is 0 Å². The fourth-order valence-corrected chi connectivity index (χ4v) is 3.42. The van der Waals surface area contributed by atoms with Crippen LogP contribution in [0.1, 0.15) is 44.6 Å². The van der Waals surface area contributed by atoms with Gasteiger partial charge in [0.25, 0.3) is 0 Å². The molecule has 1 aliphatic rings. The van der Waals surface area contributed by atoms with Crippen molar-refractivity contribution in [3.05, 3.63) is 36.0 Å². The van der Waals surface area contributed by atoms with Gasteiger partial charge < -0.3 is 10.3 Å². The number of H-pyrrole nitrogens is 1. The Morgan fingerprint density at radius 1 is 1.33 bits per heavy atom.